The summed E-state index contributed by atoms with van der Waals surface area (Å²) in [5.41, 5.74) is 7.73. The summed E-state index contributed by atoms with van der Waals surface area (Å²) in [5.74, 6) is 0. The quantitative estimate of drug-likeness (QED) is 0.865. The second-order valence-corrected chi connectivity index (χ2v) is 5.67. The van der Waals surface area contributed by atoms with Crippen molar-refractivity contribution in [2.24, 2.45) is 0 Å². The van der Waals surface area contributed by atoms with Crippen LogP contribution >= 0.6 is 15.9 Å². The van der Waals surface area contributed by atoms with E-state index in [-0.39, 0.29) is 0 Å². The van der Waals surface area contributed by atoms with E-state index in [9.17, 15) is 0 Å². The normalized spacial score (nSPS) is 24.1. The molecule has 1 saturated carbocycles. The summed E-state index contributed by atoms with van der Waals surface area (Å²) in [6.45, 7) is 0.624. The maximum absolute atomic E-state index is 5.95. The second kappa shape index (κ2) is 6.55. The minimum atomic E-state index is 0.313. The van der Waals surface area contributed by atoms with E-state index >= 15 is 0 Å². The zero-order valence-corrected chi connectivity index (χ0v) is 12.3. The first-order valence-electron chi connectivity index (χ1n) is 6.37. The average molecular weight is 314 g/mol. The number of rotatable bonds is 4. The SMILES string of the molecule is COC1CCCC(OCc2ccc(Br)c(N)c2)C1. The molecule has 1 aromatic rings. The number of methoxy groups -OCH3 is 1. The van der Waals surface area contributed by atoms with Crippen LogP contribution < -0.4 is 5.73 Å². The van der Waals surface area contributed by atoms with Gasteiger partial charge < -0.3 is 15.2 Å². The Hall–Kier alpha value is -0.580. The molecule has 0 bridgehead atoms. The van der Waals surface area contributed by atoms with Crippen LogP contribution in [-0.4, -0.2) is 19.3 Å². The molecule has 0 aromatic heterocycles. The first-order chi connectivity index (χ1) is 8.69. The molecule has 4 heteroatoms. The smallest absolute Gasteiger partial charge is 0.0721 e. The highest BCUT2D eigenvalue weighted by molar-refractivity contribution is 9.10. The van der Waals surface area contributed by atoms with Gasteiger partial charge in [-0.05, 0) is 59.3 Å². The summed E-state index contributed by atoms with van der Waals surface area (Å²) in [5, 5.41) is 0. The molecule has 0 amide bonds. The number of nitrogens with two attached hydrogens (primary N) is 1. The molecule has 18 heavy (non-hydrogen) atoms. The van der Waals surface area contributed by atoms with Gasteiger partial charge in [0.15, 0.2) is 0 Å². The summed E-state index contributed by atoms with van der Waals surface area (Å²) in [6, 6.07) is 5.96. The fourth-order valence-electron chi connectivity index (χ4n) is 2.36. The predicted molar refractivity (Wildman–Crippen MR) is 76.4 cm³/mol. The second-order valence-electron chi connectivity index (χ2n) is 4.81. The highest BCUT2D eigenvalue weighted by atomic mass is 79.9. The predicted octanol–water partition coefficient (Wildman–Crippen LogP) is 3.51. The number of halogens is 1. The Kier molecular flexibility index (Phi) is 5.03. The van der Waals surface area contributed by atoms with E-state index in [0.29, 0.717) is 18.8 Å². The highest BCUT2D eigenvalue weighted by Crippen LogP contribution is 2.25. The summed E-state index contributed by atoms with van der Waals surface area (Å²) in [7, 11) is 1.78. The maximum Gasteiger partial charge on any atom is 0.0721 e. The largest absolute Gasteiger partial charge is 0.398 e. The third kappa shape index (κ3) is 3.70. The van der Waals surface area contributed by atoms with Crippen molar-refractivity contribution in [3.05, 3.63) is 28.2 Å². The van der Waals surface area contributed by atoms with Crippen molar-refractivity contribution in [3.63, 3.8) is 0 Å². The lowest BCUT2D eigenvalue weighted by molar-refractivity contribution is -0.0363. The molecule has 1 fully saturated rings. The van der Waals surface area contributed by atoms with Gasteiger partial charge in [0.1, 0.15) is 0 Å². The van der Waals surface area contributed by atoms with Crippen molar-refractivity contribution >= 4 is 21.6 Å². The minimum absolute atomic E-state index is 0.313. The molecule has 2 unspecified atom stereocenters. The zero-order chi connectivity index (χ0) is 13.0. The Morgan fingerprint density at radius 3 is 2.83 bits per heavy atom. The lowest BCUT2D eigenvalue weighted by atomic mass is 9.95. The van der Waals surface area contributed by atoms with E-state index in [0.717, 1.165) is 35.0 Å². The van der Waals surface area contributed by atoms with Crippen molar-refractivity contribution in [3.8, 4) is 0 Å². The molecule has 0 aliphatic heterocycles. The first-order valence-corrected chi connectivity index (χ1v) is 7.16. The van der Waals surface area contributed by atoms with Gasteiger partial charge in [-0.2, -0.15) is 0 Å². The molecule has 100 valence electrons. The molecule has 2 atom stereocenters. The standard InChI is InChI=1S/C14H20BrNO2/c1-17-11-3-2-4-12(8-11)18-9-10-5-6-13(15)14(16)7-10/h5-7,11-12H,2-4,8-9,16H2,1H3. The third-order valence-electron chi connectivity index (χ3n) is 3.46. The first kappa shape index (κ1) is 13.8. The van der Waals surface area contributed by atoms with Crippen LogP contribution in [0.4, 0.5) is 5.69 Å². The molecule has 2 N–H and O–H groups in total. The molecular weight excluding hydrogens is 294 g/mol. The Balaban J connectivity index is 1.85. The van der Waals surface area contributed by atoms with Crippen molar-refractivity contribution in [1.82, 2.24) is 0 Å². The number of benzene rings is 1. The summed E-state index contributed by atoms with van der Waals surface area (Å²) < 4.78 is 12.3. The van der Waals surface area contributed by atoms with E-state index in [2.05, 4.69) is 15.9 Å². The summed E-state index contributed by atoms with van der Waals surface area (Å²) in [4.78, 5) is 0. The van der Waals surface area contributed by atoms with Crippen LogP contribution in [0.3, 0.4) is 0 Å². The number of nitrogen functional groups attached to an aromatic ring is 1. The van der Waals surface area contributed by atoms with E-state index in [1.165, 1.54) is 6.42 Å². The number of ether oxygens (including phenoxy) is 2. The molecule has 1 aliphatic carbocycles. The number of anilines is 1. The van der Waals surface area contributed by atoms with Crippen LogP contribution in [0.2, 0.25) is 0 Å². The zero-order valence-electron chi connectivity index (χ0n) is 10.7. The van der Waals surface area contributed by atoms with Gasteiger partial charge in [-0.3, -0.25) is 0 Å². The topological polar surface area (TPSA) is 44.5 Å². The molecule has 1 aromatic carbocycles. The Morgan fingerprint density at radius 1 is 1.33 bits per heavy atom. The van der Waals surface area contributed by atoms with Crippen molar-refractivity contribution < 1.29 is 9.47 Å². The van der Waals surface area contributed by atoms with Gasteiger partial charge in [-0.1, -0.05) is 6.07 Å². The van der Waals surface area contributed by atoms with E-state index in [4.69, 9.17) is 15.2 Å². The van der Waals surface area contributed by atoms with Crippen molar-refractivity contribution in [2.75, 3.05) is 12.8 Å². The monoisotopic (exact) mass is 313 g/mol. The van der Waals surface area contributed by atoms with Gasteiger partial charge in [0, 0.05) is 17.3 Å². The Bertz CT molecular complexity index is 397. The average Bonchev–Trinajstić information content (AvgIpc) is 2.40. The molecule has 0 saturated heterocycles. The Labute approximate surface area is 117 Å². The molecule has 0 radical (unpaired) electrons. The minimum Gasteiger partial charge on any atom is -0.398 e. The number of hydrogen-bond donors (Lipinski definition) is 1. The van der Waals surface area contributed by atoms with Crippen LogP contribution in [0.5, 0.6) is 0 Å². The maximum atomic E-state index is 5.95. The van der Waals surface area contributed by atoms with Crippen LogP contribution in [-0.2, 0) is 16.1 Å². The molecular formula is C14H20BrNO2. The van der Waals surface area contributed by atoms with Gasteiger partial charge in [0.2, 0.25) is 0 Å². The van der Waals surface area contributed by atoms with Gasteiger partial charge >= 0.3 is 0 Å². The highest BCUT2D eigenvalue weighted by Gasteiger charge is 2.22. The fraction of sp³-hybridized carbons (Fsp3) is 0.571. The molecule has 1 aliphatic rings. The van der Waals surface area contributed by atoms with Gasteiger partial charge in [-0.15, -0.1) is 0 Å². The molecule has 0 spiro atoms. The molecule has 2 rings (SSSR count). The van der Waals surface area contributed by atoms with Crippen molar-refractivity contribution in [2.45, 2.75) is 44.5 Å². The lowest BCUT2D eigenvalue weighted by Crippen LogP contribution is -2.27. The molecule has 0 heterocycles. The van der Waals surface area contributed by atoms with E-state index in [1.54, 1.807) is 7.11 Å². The van der Waals surface area contributed by atoms with Gasteiger partial charge in [0.25, 0.3) is 0 Å². The summed E-state index contributed by atoms with van der Waals surface area (Å²) >= 11 is 3.39. The van der Waals surface area contributed by atoms with Crippen LogP contribution in [0.25, 0.3) is 0 Å². The van der Waals surface area contributed by atoms with Gasteiger partial charge in [0.05, 0.1) is 18.8 Å². The van der Waals surface area contributed by atoms with E-state index in [1.807, 2.05) is 18.2 Å². The lowest BCUT2D eigenvalue weighted by Gasteiger charge is -2.28. The van der Waals surface area contributed by atoms with Crippen LogP contribution in [0.15, 0.2) is 22.7 Å². The van der Waals surface area contributed by atoms with Gasteiger partial charge in [-0.25, -0.2) is 0 Å². The van der Waals surface area contributed by atoms with E-state index < -0.39 is 0 Å². The van der Waals surface area contributed by atoms with Crippen LogP contribution in [0.1, 0.15) is 31.2 Å². The molecule has 3 nitrogen and oxygen atoms in total. The van der Waals surface area contributed by atoms with Crippen molar-refractivity contribution in [1.29, 1.82) is 0 Å². The fourth-order valence-corrected chi connectivity index (χ4v) is 2.61. The number of hydrogen-bond acceptors (Lipinski definition) is 3. The Morgan fingerprint density at radius 2 is 2.11 bits per heavy atom. The summed E-state index contributed by atoms with van der Waals surface area (Å²) in [6.07, 6.45) is 5.15. The third-order valence-corrected chi connectivity index (χ3v) is 4.18. The van der Waals surface area contributed by atoms with Crippen LogP contribution in [0, 0.1) is 0 Å².